The molecule has 110 valence electrons. The molecule has 7 heteroatoms. The molecule has 0 heterocycles. The van der Waals surface area contributed by atoms with Gasteiger partial charge < -0.3 is 0 Å². The van der Waals surface area contributed by atoms with E-state index in [0.717, 1.165) is 0 Å². The van der Waals surface area contributed by atoms with E-state index < -0.39 is 27.6 Å². The van der Waals surface area contributed by atoms with Crippen LogP contribution in [-0.4, -0.2) is 15.1 Å². The normalized spacial score (nSPS) is 17.1. The molecule has 0 saturated carbocycles. The number of halogens is 3. The third-order valence-corrected chi connectivity index (χ3v) is 4.16. The van der Waals surface area contributed by atoms with Crippen molar-refractivity contribution in [2.75, 3.05) is 0 Å². The highest BCUT2D eigenvalue weighted by Gasteiger charge is 2.65. The summed E-state index contributed by atoms with van der Waals surface area (Å²) >= 11 is 0. The fourth-order valence-electron chi connectivity index (χ4n) is 1.40. The number of nitrogens with zero attached hydrogens (tertiary/aromatic N) is 1. The van der Waals surface area contributed by atoms with Crippen LogP contribution in [-0.2, 0) is 16.6 Å². The van der Waals surface area contributed by atoms with E-state index in [1.807, 2.05) is 4.72 Å². The maximum absolute atomic E-state index is 13.4. The molecule has 1 N–H and O–H groups in total. The Labute approximate surface area is 118 Å². The zero-order valence-electron chi connectivity index (χ0n) is 11.3. The van der Waals surface area contributed by atoms with Crippen LogP contribution in [0.2, 0.25) is 0 Å². The Hall–Kier alpha value is -1.39. The van der Waals surface area contributed by atoms with Crippen LogP contribution in [0.1, 0.15) is 26.3 Å². The van der Waals surface area contributed by atoms with E-state index in [0.29, 0.717) is 0 Å². The first-order valence-electron chi connectivity index (χ1n) is 5.75. The molecule has 0 unspecified atom stereocenters. The minimum Gasteiger partial charge on any atom is -0.276 e. The Bertz CT molecular complexity index is 531. The maximum Gasteiger partial charge on any atom is 0.491 e. The molecule has 1 rings (SSSR count). The van der Waals surface area contributed by atoms with Gasteiger partial charge in [-0.1, -0.05) is 18.2 Å². The lowest BCUT2D eigenvalue weighted by Crippen LogP contribution is -2.54. The number of nitrogens with one attached hydrogen (secondary N) is 1. The van der Waals surface area contributed by atoms with Crippen LogP contribution in [0.4, 0.5) is 13.2 Å². The molecule has 1 aromatic carbocycles. The average molecular weight is 304 g/mol. The SMILES string of the molecule is [C-]#[N+][C@@](N[S@](=O)C(C)(C)C)(c1ccccc1)C(F)(F)F. The average Bonchev–Trinajstić information content (AvgIpc) is 2.34. The van der Waals surface area contributed by atoms with Gasteiger partial charge in [0.25, 0.3) is 0 Å². The maximum atomic E-state index is 13.4. The molecule has 1 aromatic rings. The van der Waals surface area contributed by atoms with Crippen molar-refractivity contribution in [3.05, 3.63) is 47.3 Å². The topological polar surface area (TPSA) is 33.5 Å². The second kappa shape index (κ2) is 5.54. The van der Waals surface area contributed by atoms with E-state index in [-0.39, 0.29) is 5.56 Å². The van der Waals surface area contributed by atoms with Crippen molar-refractivity contribution in [3.63, 3.8) is 0 Å². The van der Waals surface area contributed by atoms with Crippen LogP contribution >= 0.6 is 0 Å². The molecular weight excluding hydrogens is 289 g/mol. The number of alkyl halides is 3. The lowest BCUT2D eigenvalue weighted by molar-refractivity contribution is -0.180. The highest BCUT2D eigenvalue weighted by atomic mass is 32.2. The predicted octanol–water partition coefficient (Wildman–Crippen LogP) is 3.37. The van der Waals surface area contributed by atoms with Crippen LogP contribution in [0.25, 0.3) is 4.85 Å². The van der Waals surface area contributed by atoms with Crippen molar-refractivity contribution in [1.82, 2.24) is 4.72 Å². The van der Waals surface area contributed by atoms with Crippen LogP contribution in [0.15, 0.2) is 30.3 Å². The van der Waals surface area contributed by atoms with Crippen LogP contribution in [0.3, 0.4) is 0 Å². The zero-order valence-corrected chi connectivity index (χ0v) is 12.1. The van der Waals surface area contributed by atoms with Crippen molar-refractivity contribution in [2.45, 2.75) is 37.4 Å². The van der Waals surface area contributed by atoms with E-state index in [4.69, 9.17) is 6.57 Å². The van der Waals surface area contributed by atoms with E-state index in [1.54, 1.807) is 6.07 Å². The van der Waals surface area contributed by atoms with E-state index in [1.165, 1.54) is 45.0 Å². The molecule has 0 spiro atoms. The number of hydrogen-bond acceptors (Lipinski definition) is 1. The van der Waals surface area contributed by atoms with Crippen molar-refractivity contribution >= 4 is 11.0 Å². The van der Waals surface area contributed by atoms with E-state index in [2.05, 4.69) is 4.85 Å². The molecule has 0 aliphatic heterocycles. The Kier molecular flexibility index (Phi) is 4.62. The highest BCUT2D eigenvalue weighted by molar-refractivity contribution is 7.84. The molecule has 0 saturated heterocycles. The molecule has 0 amide bonds. The zero-order chi connectivity index (χ0) is 15.6. The summed E-state index contributed by atoms with van der Waals surface area (Å²) in [5.41, 5.74) is -3.29. The number of benzene rings is 1. The Morgan fingerprint density at radius 2 is 1.65 bits per heavy atom. The van der Waals surface area contributed by atoms with Gasteiger partial charge in [0.05, 0.1) is 10.3 Å². The largest absolute Gasteiger partial charge is 0.491 e. The Morgan fingerprint density at radius 3 is 2.00 bits per heavy atom. The summed E-state index contributed by atoms with van der Waals surface area (Å²) in [4.78, 5) is 2.74. The lowest BCUT2D eigenvalue weighted by Gasteiger charge is -2.28. The molecule has 2 atom stereocenters. The lowest BCUT2D eigenvalue weighted by atomic mass is 10.0. The minimum absolute atomic E-state index is 0.278. The van der Waals surface area contributed by atoms with Gasteiger partial charge in [-0.15, -0.1) is 4.72 Å². The summed E-state index contributed by atoms with van der Waals surface area (Å²) in [7, 11) is -2.04. The Morgan fingerprint density at radius 1 is 1.15 bits per heavy atom. The fraction of sp³-hybridized carbons (Fsp3) is 0.462. The van der Waals surface area contributed by atoms with Gasteiger partial charge in [0.1, 0.15) is 11.0 Å². The van der Waals surface area contributed by atoms with Gasteiger partial charge in [0, 0.05) is 0 Å². The monoisotopic (exact) mass is 304 g/mol. The van der Waals surface area contributed by atoms with E-state index in [9.17, 15) is 17.4 Å². The summed E-state index contributed by atoms with van der Waals surface area (Å²) in [6, 6.07) is 6.75. The van der Waals surface area contributed by atoms with Crippen molar-refractivity contribution in [3.8, 4) is 0 Å². The molecule has 0 aliphatic rings. The van der Waals surface area contributed by atoms with Crippen molar-refractivity contribution < 1.29 is 17.4 Å². The van der Waals surface area contributed by atoms with Crippen LogP contribution < -0.4 is 4.72 Å². The van der Waals surface area contributed by atoms with Crippen LogP contribution in [0, 0.1) is 6.57 Å². The molecule has 0 bridgehead atoms. The van der Waals surface area contributed by atoms with Gasteiger partial charge in [-0.2, -0.15) is 13.2 Å². The van der Waals surface area contributed by atoms with Gasteiger partial charge >= 0.3 is 11.8 Å². The fourth-order valence-corrected chi connectivity index (χ4v) is 2.25. The molecular formula is C13H15F3N2OS. The number of hydrogen-bond donors (Lipinski definition) is 1. The first kappa shape index (κ1) is 16.7. The summed E-state index contributed by atoms with van der Waals surface area (Å²) in [6.45, 7) is 11.6. The molecule has 0 aromatic heterocycles. The second-order valence-corrected chi connectivity index (χ2v) is 7.14. The minimum atomic E-state index is -4.89. The van der Waals surface area contributed by atoms with Gasteiger partial charge in [-0.05, 0) is 32.9 Å². The quantitative estimate of drug-likeness (QED) is 0.853. The second-order valence-electron chi connectivity index (χ2n) is 5.17. The van der Waals surface area contributed by atoms with E-state index >= 15 is 0 Å². The molecule has 3 nitrogen and oxygen atoms in total. The predicted molar refractivity (Wildman–Crippen MR) is 71.8 cm³/mol. The first-order valence-corrected chi connectivity index (χ1v) is 6.90. The first-order chi connectivity index (χ1) is 9.04. The van der Waals surface area contributed by atoms with Gasteiger partial charge in [-0.25, -0.2) is 10.8 Å². The standard InChI is InChI=1S/C13H15F3N2OS/c1-11(2,3)20(19)18-12(17-4,13(14,15)16)10-8-6-5-7-9-10/h5-9,18H,1-3H3/t12-,20-/m1/s1. The molecule has 0 radical (unpaired) electrons. The summed E-state index contributed by atoms with van der Waals surface area (Å²) in [6.07, 6.45) is -4.89. The third-order valence-electron chi connectivity index (χ3n) is 2.57. The smallest absolute Gasteiger partial charge is 0.276 e. The number of rotatable bonds is 3. The van der Waals surface area contributed by atoms with Gasteiger partial charge in [0.2, 0.25) is 0 Å². The Balaban J connectivity index is 3.38. The third kappa shape index (κ3) is 3.19. The van der Waals surface area contributed by atoms with Crippen molar-refractivity contribution in [2.24, 2.45) is 0 Å². The van der Waals surface area contributed by atoms with Crippen molar-refractivity contribution in [1.29, 1.82) is 0 Å². The summed E-state index contributed by atoms with van der Waals surface area (Å²) in [5, 5.41) is 0. The molecule has 20 heavy (non-hydrogen) atoms. The summed E-state index contributed by atoms with van der Waals surface area (Å²) in [5.74, 6) is 0. The summed E-state index contributed by atoms with van der Waals surface area (Å²) < 4.78 is 53.3. The van der Waals surface area contributed by atoms with Crippen LogP contribution in [0.5, 0.6) is 0 Å². The van der Waals surface area contributed by atoms with Gasteiger partial charge in [0.15, 0.2) is 0 Å². The van der Waals surface area contributed by atoms with Gasteiger partial charge in [-0.3, -0.25) is 4.85 Å². The molecule has 0 fully saturated rings. The highest BCUT2D eigenvalue weighted by Crippen LogP contribution is 2.41. The molecule has 0 aliphatic carbocycles.